The maximum atomic E-state index is 13.3. The molecule has 1 unspecified atom stereocenters. The molecule has 186 valence electrons. The van der Waals surface area contributed by atoms with Gasteiger partial charge in [0.25, 0.3) is 11.8 Å². The van der Waals surface area contributed by atoms with Crippen LogP contribution in [0.2, 0.25) is 0 Å². The van der Waals surface area contributed by atoms with Crippen molar-refractivity contribution in [3.63, 3.8) is 0 Å². The van der Waals surface area contributed by atoms with E-state index in [1.807, 2.05) is 13.0 Å². The van der Waals surface area contributed by atoms with Crippen molar-refractivity contribution in [2.45, 2.75) is 20.0 Å². The van der Waals surface area contributed by atoms with Crippen LogP contribution >= 0.6 is 0 Å². The van der Waals surface area contributed by atoms with Crippen LogP contribution in [0.25, 0.3) is 0 Å². The van der Waals surface area contributed by atoms with Gasteiger partial charge in [0.05, 0.1) is 6.54 Å². The number of nitrogens with two attached hydrogens (primary N) is 1. The molecule has 0 saturated carbocycles. The molecule has 4 rings (SSSR count). The number of anilines is 1. The van der Waals surface area contributed by atoms with Crippen LogP contribution in [0, 0.1) is 17.1 Å². The van der Waals surface area contributed by atoms with Gasteiger partial charge in [0, 0.05) is 48.7 Å². The van der Waals surface area contributed by atoms with Crippen molar-refractivity contribution in [1.29, 1.82) is 5.41 Å². The van der Waals surface area contributed by atoms with Crippen molar-refractivity contribution in [2.75, 3.05) is 18.8 Å². The van der Waals surface area contributed by atoms with Gasteiger partial charge >= 0.3 is 0 Å². The fourth-order valence-corrected chi connectivity index (χ4v) is 4.25. The average molecular weight is 489 g/mol. The summed E-state index contributed by atoms with van der Waals surface area (Å²) in [6, 6.07) is 16.7. The van der Waals surface area contributed by atoms with E-state index in [1.165, 1.54) is 12.1 Å². The second kappa shape index (κ2) is 10.9. The van der Waals surface area contributed by atoms with E-state index in [1.54, 1.807) is 53.6 Å². The summed E-state index contributed by atoms with van der Waals surface area (Å²) >= 11 is 0. The number of aromatic amines is 1. The highest BCUT2D eigenvalue weighted by molar-refractivity contribution is 6.44. The molecule has 0 bridgehead atoms. The van der Waals surface area contributed by atoms with Gasteiger partial charge in [-0.15, -0.1) is 0 Å². The van der Waals surface area contributed by atoms with Crippen molar-refractivity contribution in [2.24, 2.45) is 5.92 Å². The van der Waals surface area contributed by atoms with E-state index in [-0.39, 0.29) is 36.4 Å². The minimum atomic E-state index is -0.546. The molecule has 3 aromatic rings. The fraction of sp³-hybridized carbons (Fsp3) is 0.222. The van der Waals surface area contributed by atoms with Crippen molar-refractivity contribution < 1.29 is 14.0 Å². The number of H-pyrrole nitrogens is 1. The third-order valence-electron chi connectivity index (χ3n) is 6.11. The zero-order valence-corrected chi connectivity index (χ0v) is 20.0. The molecule has 9 heteroatoms. The first-order valence-electron chi connectivity index (χ1n) is 11.7. The Morgan fingerprint density at radius 1 is 1.11 bits per heavy atom. The Hall–Kier alpha value is -4.40. The number of carbonyl (C=O) groups is 2. The molecular weight excluding hydrogens is 459 g/mol. The number of carbonyl (C=O) groups excluding carboxylic acids is 2. The van der Waals surface area contributed by atoms with Crippen LogP contribution in [0.5, 0.6) is 0 Å². The zero-order valence-electron chi connectivity index (χ0n) is 20.0. The van der Waals surface area contributed by atoms with Gasteiger partial charge in [0.15, 0.2) is 0 Å². The Morgan fingerprint density at radius 2 is 1.89 bits per heavy atom. The van der Waals surface area contributed by atoms with Crippen molar-refractivity contribution in [3.8, 4) is 0 Å². The minimum absolute atomic E-state index is 0.110. The van der Waals surface area contributed by atoms with Gasteiger partial charge in [-0.05, 0) is 47.5 Å². The number of benzene rings is 2. The molecule has 0 radical (unpaired) electrons. The first kappa shape index (κ1) is 24.7. The Bertz CT molecular complexity index is 1280. The maximum Gasteiger partial charge on any atom is 0.270 e. The predicted molar refractivity (Wildman–Crippen MR) is 137 cm³/mol. The van der Waals surface area contributed by atoms with Crippen LogP contribution in [-0.4, -0.2) is 40.5 Å². The van der Waals surface area contributed by atoms with Crippen LogP contribution in [0.15, 0.2) is 78.1 Å². The van der Waals surface area contributed by atoms with Gasteiger partial charge in [0.2, 0.25) is 0 Å². The lowest BCUT2D eigenvalue weighted by atomic mass is 9.92. The third-order valence-corrected chi connectivity index (χ3v) is 6.11. The first-order chi connectivity index (χ1) is 17.3. The van der Waals surface area contributed by atoms with Crippen LogP contribution in [0.1, 0.15) is 28.5 Å². The van der Waals surface area contributed by atoms with Crippen molar-refractivity contribution in [3.05, 3.63) is 101 Å². The molecule has 2 aromatic carbocycles. The lowest BCUT2D eigenvalue weighted by molar-refractivity contribution is -0.115. The highest BCUT2D eigenvalue weighted by atomic mass is 19.1. The molecule has 6 N–H and O–H groups in total. The molecule has 1 aliphatic rings. The van der Waals surface area contributed by atoms with Gasteiger partial charge in [-0.25, -0.2) is 4.39 Å². The number of halogens is 1. The number of hydrogen-bond donors (Lipinski definition) is 5. The molecule has 1 atom stereocenters. The highest BCUT2D eigenvalue weighted by Gasteiger charge is 2.32. The smallest absolute Gasteiger partial charge is 0.270 e. The zero-order chi connectivity index (χ0) is 25.7. The molecule has 2 amide bonds. The monoisotopic (exact) mass is 488 g/mol. The van der Waals surface area contributed by atoms with Crippen LogP contribution in [0.3, 0.4) is 0 Å². The van der Waals surface area contributed by atoms with Gasteiger partial charge in [0.1, 0.15) is 17.2 Å². The average Bonchev–Trinajstić information content (AvgIpc) is 3.41. The second-order valence-electron chi connectivity index (χ2n) is 8.85. The van der Waals surface area contributed by atoms with Gasteiger partial charge in [-0.2, -0.15) is 0 Å². The topological polar surface area (TPSA) is 127 Å². The van der Waals surface area contributed by atoms with Crippen molar-refractivity contribution >= 4 is 23.2 Å². The summed E-state index contributed by atoms with van der Waals surface area (Å²) in [4.78, 5) is 30.6. The van der Waals surface area contributed by atoms with Crippen LogP contribution < -0.4 is 16.4 Å². The summed E-state index contributed by atoms with van der Waals surface area (Å²) in [7, 11) is 0. The molecule has 2 heterocycles. The fourth-order valence-electron chi connectivity index (χ4n) is 4.25. The molecule has 0 aliphatic carbocycles. The molecule has 0 fully saturated rings. The summed E-state index contributed by atoms with van der Waals surface area (Å²) in [5.41, 5.74) is 9.49. The molecule has 8 nitrogen and oxygen atoms in total. The molecule has 1 aliphatic heterocycles. The largest absolute Gasteiger partial charge is 0.399 e. The Morgan fingerprint density at radius 3 is 2.58 bits per heavy atom. The first-order valence-corrected chi connectivity index (χ1v) is 11.7. The maximum absolute atomic E-state index is 13.3. The Labute approximate surface area is 208 Å². The van der Waals surface area contributed by atoms with E-state index in [9.17, 15) is 14.0 Å². The molecular formula is C27H29FN6O2. The van der Waals surface area contributed by atoms with Gasteiger partial charge in [-0.3, -0.25) is 15.0 Å². The van der Waals surface area contributed by atoms with E-state index in [4.69, 9.17) is 11.1 Å². The quantitative estimate of drug-likeness (QED) is 0.246. The van der Waals surface area contributed by atoms with Gasteiger partial charge in [-0.1, -0.05) is 31.2 Å². The summed E-state index contributed by atoms with van der Waals surface area (Å²) in [6.45, 7) is 3.09. The Balaban J connectivity index is 1.56. The minimum Gasteiger partial charge on any atom is -0.399 e. The third kappa shape index (κ3) is 5.80. The number of amides is 2. The Kier molecular flexibility index (Phi) is 7.48. The van der Waals surface area contributed by atoms with E-state index in [0.717, 1.165) is 16.8 Å². The molecule has 0 spiro atoms. The van der Waals surface area contributed by atoms with Crippen LogP contribution in [-0.2, 0) is 17.9 Å². The number of hydrogen-bond acceptors (Lipinski definition) is 5. The summed E-state index contributed by atoms with van der Waals surface area (Å²) in [5, 5.41) is 14.8. The predicted octanol–water partition coefficient (Wildman–Crippen LogP) is 3.21. The number of rotatable bonds is 8. The normalized spacial score (nSPS) is 15.5. The molecule has 36 heavy (non-hydrogen) atoms. The van der Waals surface area contributed by atoms with Crippen LogP contribution in [0.4, 0.5) is 10.1 Å². The van der Waals surface area contributed by atoms with E-state index < -0.39 is 5.91 Å². The standard InChI is InChI=1S/C27H29FN6O2/c1-17-15-34(27(36)23-6-3-11-31-23)16-22(25(17)32-13-18-7-9-20(28)10-8-18)24(30)26(35)33-14-19-4-2-5-21(29)12-19/h2-12,17,30-32H,13-16,29H2,1H3,(H,33,35). The van der Waals surface area contributed by atoms with E-state index in [2.05, 4.69) is 15.6 Å². The summed E-state index contributed by atoms with van der Waals surface area (Å²) in [5.74, 6) is -1.22. The van der Waals surface area contributed by atoms with Crippen molar-refractivity contribution in [1.82, 2.24) is 20.5 Å². The lowest BCUT2D eigenvalue weighted by Crippen LogP contribution is -2.46. The lowest BCUT2D eigenvalue weighted by Gasteiger charge is -2.35. The summed E-state index contributed by atoms with van der Waals surface area (Å²) in [6.07, 6.45) is 1.68. The number of aromatic nitrogens is 1. The SMILES string of the molecule is CC1CN(C(=O)c2ccc[nH]2)CC(C(=N)C(=O)NCc2cccc(N)c2)=C1NCc1ccc(F)cc1. The molecule has 0 saturated heterocycles. The number of nitrogens with one attached hydrogen (secondary N) is 4. The van der Waals surface area contributed by atoms with E-state index in [0.29, 0.717) is 30.0 Å². The molecule has 1 aromatic heterocycles. The second-order valence-corrected chi connectivity index (χ2v) is 8.85. The summed E-state index contributed by atoms with van der Waals surface area (Å²) < 4.78 is 13.3. The number of nitrogens with zero attached hydrogens (tertiary/aromatic N) is 1. The van der Waals surface area contributed by atoms with Gasteiger partial charge < -0.3 is 26.3 Å². The highest BCUT2D eigenvalue weighted by Crippen LogP contribution is 2.24. The van der Waals surface area contributed by atoms with E-state index >= 15 is 0 Å². The number of nitrogen functional groups attached to an aromatic ring is 1.